The molecule has 0 aliphatic heterocycles. The maximum Gasteiger partial charge on any atom is 0.573 e. The van der Waals surface area contributed by atoms with Gasteiger partial charge in [0.2, 0.25) is 0 Å². The molecule has 0 aliphatic rings. The summed E-state index contributed by atoms with van der Waals surface area (Å²) in [6.45, 7) is 0. The molecular formula is C11H6F4N2O2. The van der Waals surface area contributed by atoms with E-state index < -0.39 is 23.6 Å². The summed E-state index contributed by atoms with van der Waals surface area (Å²) in [5.41, 5.74) is -1.02. The van der Waals surface area contributed by atoms with Crippen LogP contribution in [0.1, 0.15) is 0 Å². The summed E-state index contributed by atoms with van der Waals surface area (Å²) >= 11 is 0. The van der Waals surface area contributed by atoms with E-state index in [-0.39, 0.29) is 11.3 Å². The Morgan fingerprint density at radius 2 is 2.00 bits per heavy atom. The number of H-pyrrole nitrogens is 1. The lowest BCUT2D eigenvalue weighted by Gasteiger charge is -2.10. The molecule has 1 aromatic heterocycles. The highest BCUT2D eigenvalue weighted by molar-refractivity contribution is 5.61. The highest BCUT2D eigenvalue weighted by Gasteiger charge is 2.31. The number of hydrogen-bond acceptors (Lipinski definition) is 3. The van der Waals surface area contributed by atoms with Gasteiger partial charge in [-0.05, 0) is 12.1 Å². The van der Waals surface area contributed by atoms with E-state index in [1.54, 1.807) is 0 Å². The second-order valence-corrected chi connectivity index (χ2v) is 3.49. The molecule has 2 aromatic rings. The van der Waals surface area contributed by atoms with Crippen molar-refractivity contribution in [3.8, 4) is 17.0 Å². The summed E-state index contributed by atoms with van der Waals surface area (Å²) in [6, 6.07) is 4.60. The zero-order chi connectivity index (χ0) is 14.0. The van der Waals surface area contributed by atoms with Gasteiger partial charge in [-0.15, -0.1) is 13.2 Å². The second kappa shape index (κ2) is 4.71. The fourth-order valence-electron chi connectivity index (χ4n) is 1.44. The Balaban J connectivity index is 2.43. The van der Waals surface area contributed by atoms with Gasteiger partial charge in [-0.3, -0.25) is 0 Å². The highest BCUT2D eigenvalue weighted by Crippen LogP contribution is 2.27. The van der Waals surface area contributed by atoms with Crippen molar-refractivity contribution in [1.29, 1.82) is 0 Å². The van der Waals surface area contributed by atoms with E-state index in [1.165, 1.54) is 12.1 Å². The van der Waals surface area contributed by atoms with Crippen LogP contribution in [0.5, 0.6) is 5.75 Å². The van der Waals surface area contributed by atoms with E-state index in [0.29, 0.717) is 6.20 Å². The number of nitrogens with one attached hydrogen (secondary N) is 1. The van der Waals surface area contributed by atoms with Crippen LogP contribution in [0.25, 0.3) is 11.3 Å². The van der Waals surface area contributed by atoms with Crippen LogP contribution < -0.4 is 10.4 Å². The molecule has 4 nitrogen and oxygen atoms in total. The first-order chi connectivity index (χ1) is 8.85. The van der Waals surface area contributed by atoms with Gasteiger partial charge in [0.25, 0.3) is 0 Å². The lowest BCUT2D eigenvalue weighted by molar-refractivity contribution is -0.274. The molecule has 1 N–H and O–H groups in total. The van der Waals surface area contributed by atoms with Crippen molar-refractivity contribution in [2.75, 3.05) is 0 Å². The summed E-state index contributed by atoms with van der Waals surface area (Å²) in [5.74, 6) is -1.37. The first-order valence-electron chi connectivity index (χ1n) is 4.96. The first-order valence-corrected chi connectivity index (χ1v) is 4.96. The summed E-state index contributed by atoms with van der Waals surface area (Å²) in [4.78, 5) is 16.2. The quantitative estimate of drug-likeness (QED) is 0.856. The number of aromatic amines is 1. The zero-order valence-corrected chi connectivity index (χ0v) is 9.16. The predicted octanol–water partition coefficient (Wildman–Crippen LogP) is 2.47. The molecule has 19 heavy (non-hydrogen) atoms. The van der Waals surface area contributed by atoms with Gasteiger partial charge < -0.3 is 9.72 Å². The van der Waals surface area contributed by atoms with Crippen LogP contribution in [0, 0.1) is 5.82 Å². The lowest BCUT2D eigenvalue weighted by atomic mass is 10.1. The Labute approximate surface area is 103 Å². The molecule has 1 heterocycles. The fraction of sp³-hybridized carbons (Fsp3) is 0.0909. The van der Waals surface area contributed by atoms with Crippen LogP contribution in [-0.4, -0.2) is 16.3 Å². The number of hydrogen-bond donors (Lipinski definition) is 1. The number of ether oxygens (including phenoxy) is 1. The van der Waals surface area contributed by atoms with E-state index in [1.807, 2.05) is 0 Å². The van der Waals surface area contributed by atoms with Gasteiger partial charge in [0, 0.05) is 5.56 Å². The van der Waals surface area contributed by atoms with Gasteiger partial charge in [0.15, 0.2) is 5.82 Å². The van der Waals surface area contributed by atoms with Gasteiger partial charge >= 0.3 is 12.1 Å². The molecule has 100 valence electrons. The molecule has 0 bridgehead atoms. The van der Waals surface area contributed by atoms with Crippen molar-refractivity contribution in [1.82, 2.24) is 9.97 Å². The topological polar surface area (TPSA) is 55.0 Å². The SMILES string of the molecule is O=c1ncc(F)c(-c2cccc(OC(F)(F)F)c2)[nH]1. The standard InChI is InChI=1S/C11H6F4N2O2/c12-8-5-16-10(18)17-9(8)6-2-1-3-7(4-6)19-11(13,14)15/h1-5H,(H,16,17,18). The lowest BCUT2D eigenvalue weighted by Crippen LogP contribution is -2.17. The maximum atomic E-state index is 13.4. The Hall–Kier alpha value is -2.38. The summed E-state index contributed by atoms with van der Waals surface area (Å²) < 4.78 is 53.3. The average Bonchev–Trinajstić information content (AvgIpc) is 2.30. The van der Waals surface area contributed by atoms with E-state index >= 15 is 0 Å². The third-order valence-corrected chi connectivity index (χ3v) is 2.12. The summed E-state index contributed by atoms with van der Waals surface area (Å²) in [7, 11) is 0. The van der Waals surface area contributed by atoms with E-state index in [4.69, 9.17) is 0 Å². The third kappa shape index (κ3) is 3.30. The Bertz CT molecular complexity index is 652. The van der Waals surface area contributed by atoms with Gasteiger partial charge in [0.05, 0.1) is 11.9 Å². The molecule has 0 radical (unpaired) electrons. The smallest absolute Gasteiger partial charge is 0.406 e. The van der Waals surface area contributed by atoms with Gasteiger partial charge in [0.1, 0.15) is 5.75 Å². The van der Waals surface area contributed by atoms with Crippen molar-refractivity contribution in [3.63, 3.8) is 0 Å². The molecule has 0 fully saturated rings. The van der Waals surface area contributed by atoms with E-state index in [2.05, 4.69) is 14.7 Å². The molecule has 0 amide bonds. The number of rotatable bonds is 2. The number of aromatic nitrogens is 2. The molecule has 2 rings (SSSR count). The van der Waals surface area contributed by atoms with Crippen molar-refractivity contribution in [2.45, 2.75) is 6.36 Å². The minimum atomic E-state index is -4.84. The Kier molecular flexibility index (Phi) is 3.24. The molecule has 1 aromatic carbocycles. The summed E-state index contributed by atoms with van der Waals surface area (Å²) in [6.07, 6.45) is -4.16. The average molecular weight is 274 g/mol. The minimum absolute atomic E-state index is 0.0405. The van der Waals surface area contributed by atoms with Crippen LogP contribution in [0.2, 0.25) is 0 Å². The molecule has 0 atom stereocenters. The normalized spacial score (nSPS) is 11.4. The molecule has 0 saturated heterocycles. The van der Waals surface area contributed by atoms with Crippen molar-refractivity contribution in [3.05, 3.63) is 46.8 Å². The zero-order valence-electron chi connectivity index (χ0n) is 9.16. The van der Waals surface area contributed by atoms with Crippen LogP contribution in [0.15, 0.2) is 35.3 Å². The maximum absolute atomic E-state index is 13.4. The molecule has 8 heteroatoms. The van der Waals surface area contributed by atoms with Crippen molar-refractivity contribution in [2.24, 2.45) is 0 Å². The van der Waals surface area contributed by atoms with Gasteiger partial charge in [-0.25, -0.2) is 9.18 Å². The monoisotopic (exact) mass is 274 g/mol. The minimum Gasteiger partial charge on any atom is -0.406 e. The van der Waals surface area contributed by atoms with Crippen LogP contribution >= 0.6 is 0 Å². The molecular weight excluding hydrogens is 268 g/mol. The van der Waals surface area contributed by atoms with Gasteiger partial charge in [-0.2, -0.15) is 4.98 Å². The summed E-state index contributed by atoms with van der Waals surface area (Å²) in [5, 5.41) is 0. The van der Waals surface area contributed by atoms with E-state index in [0.717, 1.165) is 12.1 Å². The third-order valence-electron chi connectivity index (χ3n) is 2.12. The van der Waals surface area contributed by atoms with Crippen LogP contribution in [0.4, 0.5) is 17.6 Å². The van der Waals surface area contributed by atoms with Crippen molar-refractivity contribution < 1.29 is 22.3 Å². The molecule has 0 saturated carbocycles. The molecule has 0 spiro atoms. The highest BCUT2D eigenvalue weighted by atomic mass is 19.4. The molecule has 0 aliphatic carbocycles. The Morgan fingerprint density at radius 1 is 1.26 bits per heavy atom. The van der Waals surface area contributed by atoms with Crippen molar-refractivity contribution >= 4 is 0 Å². The van der Waals surface area contributed by atoms with Gasteiger partial charge in [-0.1, -0.05) is 12.1 Å². The van der Waals surface area contributed by atoms with Crippen LogP contribution in [-0.2, 0) is 0 Å². The predicted molar refractivity (Wildman–Crippen MR) is 56.9 cm³/mol. The number of halogens is 4. The van der Waals surface area contributed by atoms with Crippen LogP contribution in [0.3, 0.4) is 0 Å². The first kappa shape index (κ1) is 13.1. The number of nitrogens with zero attached hydrogens (tertiary/aromatic N) is 1. The number of benzene rings is 1. The second-order valence-electron chi connectivity index (χ2n) is 3.49. The van der Waals surface area contributed by atoms with E-state index in [9.17, 15) is 22.4 Å². The molecule has 0 unspecified atom stereocenters. The Morgan fingerprint density at radius 3 is 2.68 bits per heavy atom. The number of alkyl halides is 3. The largest absolute Gasteiger partial charge is 0.573 e. The fourth-order valence-corrected chi connectivity index (χ4v) is 1.44.